The lowest BCUT2D eigenvalue weighted by atomic mass is 10.2. The van der Waals surface area contributed by atoms with E-state index in [1.54, 1.807) is 12.1 Å². The molecule has 0 saturated carbocycles. The third kappa shape index (κ3) is 3.65. The Hall–Kier alpha value is -3.65. The lowest BCUT2D eigenvalue weighted by Crippen LogP contribution is -2.31. The van der Waals surface area contributed by atoms with Crippen molar-refractivity contribution < 1.29 is 9.67 Å². The Kier molecular flexibility index (Phi) is 4.54. The minimum Gasteiger partial charge on any atom is -0.857 e. The van der Waals surface area contributed by atoms with Gasteiger partial charge in [0.05, 0.1) is 12.4 Å². The maximum atomic E-state index is 12.0. The summed E-state index contributed by atoms with van der Waals surface area (Å²) in [5.41, 5.74) is 0.397. The average Bonchev–Trinajstić information content (AvgIpc) is 3.08. The fraction of sp³-hybridized carbons (Fsp3) is 0. The van der Waals surface area contributed by atoms with Gasteiger partial charge in [-0.25, -0.2) is 9.36 Å². The van der Waals surface area contributed by atoms with Gasteiger partial charge in [-0.3, -0.25) is 4.98 Å². The van der Waals surface area contributed by atoms with E-state index in [4.69, 9.17) is 0 Å². The van der Waals surface area contributed by atoms with Crippen LogP contribution in [0, 0.1) is 0 Å². The second-order valence-electron chi connectivity index (χ2n) is 5.59. The zero-order valence-corrected chi connectivity index (χ0v) is 14.8. The minimum absolute atomic E-state index is 0.215. The predicted molar refractivity (Wildman–Crippen MR) is 102 cm³/mol. The lowest BCUT2D eigenvalue weighted by molar-refractivity contribution is -0.597. The van der Waals surface area contributed by atoms with Crippen LogP contribution in [0.4, 0.5) is 0 Å². The van der Waals surface area contributed by atoms with Crippen molar-refractivity contribution in [1.29, 1.82) is 0 Å². The van der Waals surface area contributed by atoms with Crippen LogP contribution in [0.1, 0.15) is 10.4 Å². The largest absolute Gasteiger partial charge is 0.857 e. The van der Waals surface area contributed by atoms with E-state index >= 15 is 0 Å². The summed E-state index contributed by atoms with van der Waals surface area (Å²) in [7, 11) is 0. The van der Waals surface area contributed by atoms with E-state index in [1.807, 2.05) is 47.3 Å². The zero-order chi connectivity index (χ0) is 18.6. The van der Waals surface area contributed by atoms with Crippen LogP contribution in [0.5, 0.6) is 0 Å². The molecule has 0 aliphatic carbocycles. The molecule has 0 saturated heterocycles. The van der Waals surface area contributed by atoms with Gasteiger partial charge in [-0.05, 0) is 40.5 Å². The molecular formula is C19H13N5O2S. The molecule has 0 fully saturated rings. The number of thiazole rings is 1. The van der Waals surface area contributed by atoms with Gasteiger partial charge in [0.1, 0.15) is 11.1 Å². The SMILES string of the molecule is O=c1[nH]c(-[n+]2ccc3ccccc3c2)c(/C=N/N=C([O-])c2ccncc2)s1. The van der Waals surface area contributed by atoms with Crippen molar-refractivity contribution in [2.24, 2.45) is 10.2 Å². The smallest absolute Gasteiger partial charge is 0.390 e. The molecule has 1 aromatic carbocycles. The second-order valence-corrected chi connectivity index (χ2v) is 6.61. The highest BCUT2D eigenvalue weighted by Crippen LogP contribution is 2.12. The Morgan fingerprint density at radius 2 is 1.93 bits per heavy atom. The topological polar surface area (TPSA) is 97.4 Å². The quantitative estimate of drug-likeness (QED) is 0.253. The van der Waals surface area contributed by atoms with E-state index < -0.39 is 5.90 Å². The van der Waals surface area contributed by atoms with Crippen molar-refractivity contribution in [2.75, 3.05) is 0 Å². The molecule has 8 heteroatoms. The van der Waals surface area contributed by atoms with Crippen molar-refractivity contribution in [1.82, 2.24) is 9.97 Å². The summed E-state index contributed by atoms with van der Waals surface area (Å²) in [4.78, 5) is 18.9. The van der Waals surface area contributed by atoms with Crippen LogP contribution in [0.15, 0.2) is 82.2 Å². The standard InChI is InChI=1S/C19H13N5O2S/c25-18(14-5-8-20-9-6-14)23-21-11-16-17(22-19(26)27-16)24-10-7-13-3-1-2-4-15(13)12-24/h1-12H,(H-,20,21,22,23,25,26). The van der Waals surface area contributed by atoms with E-state index in [1.165, 1.54) is 18.6 Å². The number of hydrogen-bond acceptors (Lipinski definition) is 6. The molecule has 0 bridgehead atoms. The lowest BCUT2D eigenvalue weighted by Gasteiger charge is -2.06. The van der Waals surface area contributed by atoms with Crippen LogP contribution in [-0.2, 0) is 0 Å². The Morgan fingerprint density at radius 3 is 2.74 bits per heavy atom. The molecular weight excluding hydrogens is 362 g/mol. The van der Waals surface area contributed by atoms with E-state index in [9.17, 15) is 9.90 Å². The average molecular weight is 375 g/mol. The van der Waals surface area contributed by atoms with E-state index in [-0.39, 0.29) is 4.87 Å². The molecule has 0 aliphatic rings. The molecule has 7 nitrogen and oxygen atoms in total. The molecule has 0 unspecified atom stereocenters. The van der Waals surface area contributed by atoms with Crippen molar-refractivity contribution >= 4 is 34.2 Å². The Morgan fingerprint density at radius 1 is 1.15 bits per heavy atom. The van der Waals surface area contributed by atoms with Crippen molar-refractivity contribution in [3.05, 3.63) is 87.4 Å². The van der Waals surface area contributed by atoms with Crippen molar-refractivity contribution in [2.45, 2.75) is 0 Å². The van der Waals surface area contributed by atoms with E-state index in [0.29, 0.717) is 16.3 Å². The number of fused-ring (bicyclic) bond motifs is 1. The third-order valence-corrected chi connectivity index (χ3v) is 4.66. The fourth-order valence-corrected chi connectivity index (χ4v) is 3.27. The minimum atomic E-state index is -0.476. The molecule has 132 valence electrons. The normalized spacial score (nSPS) is 12.1. The van der Waals surface area contributed by atoms with Gasteiger partial charge in [0.15, 0.2) is 0 Å². The number of aromatic amines is 1. The first-order valence-corrected chi connectivity index (χ1v) is 8.84. The summed E-state index contributed by atoms with van der Waals surface area (Å²) < 4.78 is 1.81. The molecule has 3 heterocycles. The number of benzene rings is 1. The maximum absolute atomic E-state index is 12.0. The Labute approximate surface area is 157 Å². The summed E-state index contributed by atoms with van der Waals surface area (Å²) in [6.07, 6.45) is 8.21. The van der Waals surface area contributed by atoms with Gasteiger partial charge in [-0.15, -0.1) is 0 Å². The number of H-pyrrole nitrogens is 1. The van der Waals surface area contributed by atoms with Gasteiger partial charge in [0.25, 0.3) is 0 Å². The number of pyridine rings is 2. The summed E-state index contributed by atoms with van der Waals surface area (Å²) >= 11 is 1.000. The van der Waals surface area contributed by atoms with Crippen LogP contribution in [0.3, 0.4) is 0 Å². The van der Waals surface area contributed by atoms with Crippen LogP contribution >= 0.6 is 11.3 Å². The molecule has 0 amide bonds. The molecule has 0 atom stereocenters. The molecule has 3 aromatic heterocycles. The highest BCUT2D eigenvalue weighted by Gasteiger charge is 2.16. The number of hydrogen-bond donors (Lipinski definition) is 1. The van der Waals surface area contributed by atoms with E-state index in [0.717, 1.165) is 22.1 Å². The summed E-state index contributed by atoms with van der Waals surface area (Å²) in [5, 5.41) is 21.6. The first-order valence-electron chi connectivity index (χ1n) is 8.03. The number of nitrogens with zero attached hydrogens (tertiary/aromatic N) is 4. The monoisotopic (exact) mass is 375 g/mol. The Balaban J connectivity index is 1.67. The van der Waals surface area contributed by atoms with Crippen molar-refractivity contribution in [3.8, 4) is 5.82 Å². The van der Waals surface area contributed by atoms with Gasteiger partial charge in [0.2, 0.25) is 0 Å². The molecule has 4 aromatic rings. The third-order valence-electron chi connectivity index (χ3n) is 3.85. The van der Waals surface area contributed by atoms with Gasteiger partial charge in [-0.1, -0.05) is 24.3 Å². The molecule has 4 rings (SSSR count). The number of nitrogens with one attached hydrogen (secondary N) is 1. The van der Waals surface area contributed by atoms with Crippen LogP contribution in [0.25, 0.3) is 16.6 Å². The van der Waals surface area contributed by atoms with Gasteiger partial charge in [0, 0.05) is 23.7 Å². The maximum Gasteiger partial charge on any atom is 0.390 e. The predicted octanol–water partition coefficient (Wildman–Crippen LogP) is 1.40. The van der Waals surface area contributed by atoms with Crippen LogP contribution in [-0.4, -0.2) is 22.1 Å². The van der Waals surface area contributed by atoms with Crippen molar-refractivity contribution in [3.63, 3.8) is 0 Å². The van der Waals surface area contributed by atoms with Gasteiger partial charge >= 0.3 is 10.7 Å². The highest BCUT2D eigenvalue weighted by atomic mass is 32.1. The van der Waals surface area contributed by atoms with E-state index in [2.05, 4.69) is 20.2 Å². The Bertz CT molecular complexity index is 1210. The zero-order valence-electron chi connectivity index (χ0n) is 13.9. The number of rotatable bonds is 4. The molecule has 0 spiro atoms. The fourth-order valence-electron chi connectivity index (χ4n) is 2.57. The molecule has 1 N–H and O–H groups in total. The second kappa shape index (κ2) is 7.30. The molecule has 0 radical (unpaired) electrons. The van der Waals surface area contributed by atoms with Crippen LogP contribution < -0.4 is 14.5 Å². The number of aromatic nitrogens is 3. The molecule has 0 aliphatic heterocycles. The van der Waals surface area contributed by atoms with Gasteiger partial charge < -0.3 is 5.11 Å². The van der Waals surface area contributed by atoms with Crippen LogP contribution in [0.2, 0.25) is 0 Å². The first-order chi connectivity index (χ1) is 13.2. The first kappa shape index (κ1) is 16.8. The highest BCUT2D eigenvalue weighted by molar-refractivity contribution is 7.11. The summed E-state index contributed by atoms with van der Waals surface area (Å²) in [6.45, 7) is 0. The summed E-state index contributed by atoms with van der Waals surface area (Å²) in [5.74, 6) is 0.0995. The van der Waals surface area contributed by atoms with Gasteiger partial charge in [-0.2, -0.15) is 15.2 Å². The summed E-state index contributed by atoms with van der Waals surface area (Å²) in [6, 6.07) is 13.0. The molecule has 27 heavy (non-hydrogen) atoms.